The summed E-state index contributed by atoms with van der Waals surface area (Å²) < 4.78 is 1.35. The predicted octanol–water partition coefficient (Wildman–Crippen LogP) is 4.71. The van der Waals surface area contributed by atoms with Crippen LogP contribution in [-0.4, -0.2) is 25.6 Å². The van der Waals surface area contributed by atoms with Crippen molar-refractivity contribution in [1.82, 2.24) is 14.5 Å². The average molecular weight is 430 g/mol. The standard InChI is InChI=1S/C26H27N3O3/c1-16(2)13-24(26(31)32)29-15-20(27-17(3)25(29)30)12-11-18-8-6-10-23-21(18)14-19-7-4-5-9-22(19)28-23/h4-10,14-16,24H,11-13H2,1-3H3,(H,31,32). The molecule has 2 heterocycles. The molecule has 2 aromatic carbocycles. The van der Waals surface area contributed by atoms with Crippen LogP contribution in [-0.2, 0) is 17.6 Å². The maximum Gasteiger partial charge on any atom is 0.326 e. The van der Waals surface area contributed by atoms with Crippen LogP contribution in [0.1, 0.15) is 43.3 Å². The topological polar surface area (TPSA) is 85.1 Å². The van der Waals surface area contributed by atoms with Crippen LogP contribution in [0.15, 0.2) is 59.5 Å². The molecule has 0 fully saturated rings. The molecule has 1 atom stereocenters. The summed E-state index contributed by atoms with van der Waals surface area (Å²) in [6.45, 7) is 5.55. The molecule has 32 heavy (non-hydrogen) atoms. The van der Waals surface area contributed by atoms with Gasteiger partial charge in [-0.25, -0.2) is 9.78 Å². The summed E-state index contributed by atoms with van der Waals surface area (Å²) >= 11 is 0. The number of pyridine rings is 1. The molecule has 0 aliphatic heterocycles. The van der Waals surface area contributed by atoms with Gasteiger partial charge in [-0.2, -0.15) is 0 Å². The molecule has 4 rings (SSSR count). The van der Waals surface area contributed by atoms with Crippen LogP contribution < -0.4 is 5.56 Å². The first kappa shape index (κ1) is 21.7. The molecule has 4 aromatic rings. The Balaban J connectivity index is 1.67. The fourth-order valence-corrected chi connectivity index (χ4v) is 4.17. The number of hydrogen-bond acceptors (Lipinski definition) is 4. The number of para-hydroxylation sites is 1. The van der Waals surface area contributed by atoms with Gasteiger partial charge in [0.15, 0.2) is 0 Å². The van der Waals surface area contributed by atoms with Crippen molar-refractivity contribution in [2.75, 3.05) is 0 Å². The SMILES string of the molecule is Cc1nc(CCc2cccc3nc4ccccc4cc23)cn(C(CC(C)C)C(=O)O)c1=O. The molecular weight excluding hydrogens is 402 g/mol. The van der Waals surface area contributed by atoms with E-state index in [-0.39, 0.29) is 11.5 Å². The summed E-state index contributed by atoms with van der Waals surface area (Å²) in [4.78, 5) is 33.7. The van der Waals surface area contributed by atoms with Gasteiger partial charge in [0.2, 0.25) is 0 Å². The van der Waals surface area contributed by atoms with Gasteiger partial charge < -0.3 is 5.11 Å². The minimum Gasteiger partial charge on any atom is -0.480 e. The lowest BCUT2D eigenvalue weighted by Gasteiger charge is -2.19. The molecule has 0 aliphatic carbocycles. The van der Waals surface area contributed by atoms with Crippen LogP contribution in [0.4, 0.5) is 0 Å². The van der Waals surface area contributed by atoms with E-state index in [2.05, 4.69) is 23.2 Å². The van der Waals surface area contributed by atoms with Crippen molar-refractivity contribution in [2.24, 2.45) is 5.92 Å². The predicted molar refractivity (Wildman–Crippen MR) is 126 cm³/mol. The van der Waals surface area contributed by atoms with Gasteiger partial charge in [0.1, 0.15) is 11.7 Å². The van der Waals surface area contributed by atoms with Crippen molar-refractivity contribution in [1.29, 1.82) is 0 Å². The third-order valence-corrected chi connectivity index (χ3v) is 5.76. The lowest BCUT2D eigenvalue weighted by Crippen LogP contribution is -2.33. The molecule has 2 aromatic heterocycles. The smallest absolute Gasteiger partial charge is 0.326 e. The van der Waals surface area contributed by atoms with Crippen molar-refractivity contribution in [3.63, 3.8) is 0 Å². The lowest BCUT2D eigenvalue weighted by molar-refractivity contribution is -0.141. The summed E-state index contributed by atoms with van der Waals surface area (Å²) in [6.07, 6.45) is 3.32. The summed E-state index contributed by atoms with van der Waals surface area (Å²) in [6, 6.07) is 15.4. The fraction of sp³-hybridized carbons (Fsp3) is 0.308. The normalized spacial score (nSPS) is 12.5. The summed E-state index contributed by atoms with van der Waals surface area (Å²) in [5.74, 6) is -0.845. The summed E-state index contributed by atoms with van der Waals surface area (Å²) in [5.41, 5.74) is 3.74. The minimum atomic E-state index is -0.996. The zero-order chi connectivity index (χ0) is 22.8. The van der Waals surface area contributed by atoms with E-state index < -0.39 is 12.0 Å². The van der Waals surface area contributed by atoms with Gasteiger partial charge >= 0.3 is 5.97 Å². The quantitative estimate of drug-likeness (QED) is 0.430. The largest absolute Gasteiger partial charge is 0.480 e. The van der Waals surface area contributed by atoms with E-state index in [9.17, 15) is 14.7 Å². The highest BCUT2D eigenvalue weighted by Crippen LogP contribution is 2.24. The maximum absolute atomic E-state index is 12.7. The van der Waals surface area contributed by atoms with E-state index >= 15 is 0 Å². The van der Waals surface area contributed by atoms with Crippen LogP contribution in [0.2, 0.25) is 0 Å². The Morgan fingerprint density at radius 3 is 2.53 bits per heavy atom. The molecule has 0 radical (unpaired) electrons. The number of aliphatic carboxylic acids is 1. The van der Waals surface area contributed by atoms with Gasteiger partial charge in [0, 0.05) is 17.0 Å². The Kier molecular flexibility index (Phi) is 6.04. The van der Waals surface area contributed by atoms with E-state index in [0.29, 0.717) is 30.7 Å². The third-order valence-electron chi connectivity index (χ3n) is 5.76. The molecule has 1 N–H and O–H groups in total. The van der Waals surface area contributed by atoms with Crippen LogP contribution in [0.3, 0.4) is 0 Å². The third kappa shape index (κ3) is 4.40. The van der Waals surface area contributed by atoms with Gasteiger partial charge in [-0.15, -0.1) is 0 Å². The fourth-order valence-electron chi connectivity index (χ4n) is 4.17. The number of aromatic nitrogens is 3. The Hall–Kier alpha value is -3.54. The van der Waals surface area contributed by atoms with E-state index in [4.69, 9.17) is 4.98 Å². The zero-order valence-corrected chi connectivity index (χ0v) is 18.6. The molecule has 6 nitrogen and oxygen atoms in total. The Bertz CT molecular complexity index is 1360. The van der Waals surface area contributed by atoms with Gasteiger partial charge in [-0.05, 0) is 55.9 Å². The van der Waals surface area contributed by atoms with Crippen LogP contribution >= 0.6 is 0 Å². The lowest BCUT2D eigenvalue weighted by atomic mass is 10.0. The zero-order valence-electron chi connectivity index (χ0n) is 18.6. The molecule has 0 saturated carbocycles. The van der Waals surface area contributed by atoms with Gasteiger partial charge in [0.05, 0.1) is 16.7 Å². The van der Waals surface area contributed by atoms with Crippen molar-refractivity contribution >= 4 is 27.8 Å². The van der Waals surface area contributed by atoms with Crippen LogP contribution in [0.25, 0.3) is 21.8 Å². The first-order chi connectivity index (χ1) is 15.3. The molecule has 0 amide bonds. The highest BCUT2D eigenvalue weighted by molar-refractivity contribution is 5.94. The van der Waals surface area contributed by atoms with Crippen LogP contribution in [0.5, 0.6) is 0 Å². The molecule has 0 aliphatic rings. The maximum atomic E-state index is 12.7. The van der Waals surface area contributed by atoms with Crippen molar-refractivity contribution in [3.8, 4) is 0 Å². The van der Waals surface area contributed by atoms with Crippen molar-refractivity contribution in [2.45, 2.75) is 46.1 Å². The number of hydrogen-bond donors (Lipinski definition) is 1. The average Bonchev–Trinajstić information content (AvgIpc) is 2.76. The van der Waals surface area contributed by atoms with Crippen molar-refractivity contribution < 1.29 is 9.90 Å². The molecule has 164 valence electrons. The number of carboxylic acid groups (broad SMARTS) is 1. The number of carbonyl (C=O) groups is 1. The molecule has 0 bridgehead atoms. The number of aryl methyl sites for hydroxylation is 3. The molecular formula is C26H27N3O3. The molecule has 0 spiro atoms. The first-order valence-corrected chi connectivity index (χ1v) is 10.9. The highest BCUT2D eigenvalue weighted by Gasteiger charge is 2.23. The number of benzene rings is 2. The monoisotopic (exact) mass is 429 g/mol. The van der Waals surface area contributed by atoms with E-state index in [1.165, 1.54) is 4.57 Å². The number of fused-ring (bicyclic) bond motifs is 2. The summed E-state index contributed by atoms with van der Waals surface area (Å²) in [7, 11) is 0. The number of carboxylic acids is 1. The van der Waals surface area contributed by atoms with E-state index in [1.807, 2.05) is 44.2 Å². The first-order valence-electron chi connectivity index (χ1n) is 10.9. The second kappa shape index (κ2) is 8.91. The van der Waals surface area contributed by atoms with Crippen molar-refractivity contribution in [3.05, 3.63) is 82.0 Å². The second-order valence-electron chi connectivity index (χ2n) is 8.68. The Morgan fingerprint density at radius 1 is 1.03 bits per heavy atom. The van der Waals surface area contributed by atoms with Crippen LogP contribution in [0, 0.1) is 12.8 Å². The van der Waals surface area contributed by atoms with E-state index in [1.54, 1.807) is 13.1 Å². The van der Waals surface area contributed by atoms with E-state index in [0.717, 1.165) is 27.4 Å². The Morgan fingerprint density at radius 2 is 1.78 bits per heavy atom. The second-order valence-corrected chi connectivity index (χ2v) is 8.68. The molecule has 0 saturated heterocycles. The van der Waals surface area contributed by atoms with Gasteiger partial charge in [0.25, 0.3) is 5.56 Å². The van der Waals surface area contributed by atoms with Gasteiger partial charge in [-0.3, -0.25) is 14.3 Å². The number of rotatable bonds is 7. The highest BCUT2D eigenvalue weighted by atomic mass is 16.4. The minimum absolute atomic E-state index is 0.151. The number of nitrogens with zero attached hydrogens (tertiary/aromatic N) is 3. The van der Waals surface area contributed by atoms with Gasteiger partial charge in [-0.1, -0.05) is 44.2 Å². The molecule has 1 unspecified atom stereocenters. The summed E-state index contributed by atoms with van der Waals surface area (Å²) in [5, 5.41) is 11.9. The molecule has 6 heteroatoms. The Labute approximate surface area is 186 Å².